The SMILES string of the molecule is CCCNCC1CCN(C)C1c1c(C)cccc1C. The molecule has 1 saturated heterocycles. The van der Waals surface area contributed by atoms with Crippen LogP contribution < -0.4 is 5.32 Å². The first-order valence-electron chi connectivity index (χ1n) is 7.62. The van der Waals surface area contributed by atoms with Crippen LogP contribution in [0, 0.1) is 19.8 Å². The van der Waals surface area contributed by atoms with Gasteiger partial charge in [-0.25, -0.2) is 0 Å². The lowest BCUT2D eigenvalue weighted by Gasteiger charge is -2.28. The number of nitrogens with one attached hydrogen (secondary N) is 1. The molecule has 1 aliphatic heterocycles. The molecular formula is C17H28N2. The van der Waals surface area contributed by atoms with Gasteiger partial charge in [-0.2, -0.15) is 0 Å². The number of nitrogens with zero attached hydrogens (tertiary/aromatic N) is 1. The fourth-order valence-corrected chi connectivity index (χ4v) is 3.45. The van der Waals surface area contributed by atoms with E-state index in [1.165, 1.54) is 30.5 Å². The number of rotatable bonds is 5. The molecule has 0 aromatic heterocycles. The van der Waals surface area contributed by atoms with Crippen molar-refractivity contribution < 1.29 is 0 Å². The molecule has 1 aromatic carbocycles. The Morgan fingerprint density at radius 3 is 2.58 bits per heavy atom. The molecule has 1 aliphatic rings. The standard InChI is InChI=1S/C17H28N2/c1-5-10-18-12-15-9-11-19(4)17(15)16-13(2)7-6-8-14(16)3/h6-8,15,17-18H,5,9-12H2,1-4H3. The van der Waals surface area contributed by atoms with Crippen LogP contribution in [0.25, 0.3) is 0 Å². The van der Waals surface area contributed by atoms with Crippen LogP contribution in [0.3, 0.4) is 0 Å². The maximum absolute atomic E-state index is 3.61. The van der Waals surface area contributed by atoms with Crippen LogP contribution in [0.4, 0.5) is 0 Å². The Bertz CT molecular complexity index is 393. The van der Waals surface area contributed by atoms with Crippen molar-refractivity contribution in [3.63, 3.8) is 0 Å². The number of hydrogen-bond acceptors (Lipinski definition) is 2. The predicted molar refractivity (Wildman–Crippen MR) is 82.6 cm³/mol. The van der Waals surface area contributed by atoms with Gasteiger partial charge in [0.1, 0.15) is 0 Å². The summed E-state index contributed by atoms with van der Waals surface area (Å²) in [5, 5.41) is 3.61. The molecule has 1 fully saturated rings. The van der Waals surface area contributed by atoms with Crippen LogP contribution in [0.2, 0.25) is 0 Å². The Balaban J connectivity index is 2.19. The molecule has 0 spiro atoms. The average molecular weight is 260 g/mol. The molecule has 2 rings (SSSR count). The van der Waals surface area contributed by atoms with E-state index < -0.39 is 0 Å². The van der Waals surface area contributed by atoms with E-state index in [9.17, 15) is 0 Å². The third-order valence-corrected chi connectivity index (χ3v) is 4.45. The van der Waals surface area contributed by atoms with E-state index in [1.807, 2.05) is 0 Å². The molecule has 1 N–H and O–H groups in total. The van der Waals surface area contributed by atoms with E-state index in [0.717, 1.165) is 19.0 Å². The maximum Gasteiger partial charge on any atom is 0.0391 e. The molecule has 2 atom stereocenters. The molecular weight excluding hydrogens is 232 g/mol. The highest BCUT2D eigenvalue weighted by Gasteiger charge is 2.34. The van der Waals surface area contributed by atoms with Crippen LogP contribution in [0.15, 0.2) is 18.2 Å². The van der Waals surface area contributed by atoms with Gasteiger partial charge in [0.2, 0.25) is 0 Å². The lowest BCUT2D eigenvalue weighted by atomic mass is 9.88. The summed E-state index contributed by atoms with van der Waals surface area (Å²) in [6.45, 7) is 10.3. The van der Waals surface area contributed by atoms with Crippen molar-refractivity contribution >= 4 is 0 Å². The van der Waals surface area contributed by atoms with Crippen LogP contribution in [0.1, 0.15) is 42.5 Å². The van der Waals surface area contributed by atoms with E-state index >= 15 is 0 Å². The number of benzene rings is 1. The molecule has 0 bridgehead atoms. The summed E-state index contributed by atoms with van der Waals surface area (Å²) in [5.74, 6) is 0.747. The zero-order valence-corrected chi connectivity index (χ0v) is 12.9. The van der Waals surface area contributed by atoms with Gasteiger partial charge in [-0.15, -0.1) is 0 Å². The van der Waals surface area contributed by atoms with Crippen LogP contribution in [0.5, 0.6) is 0 Å². The summed E-state index contributed by atoms with van der Waals surface area (Å²) < 4.78 is 0. The maximum atomic E-state index is 3.61. The summed E-state index contributed by atoms with van der Waals surface area (Å²) in [6, 6.07) is 7.27. The first kappa shape index (κ1) is 14.5. The number of hydrogen-bond donors (Lipinski definition) is 1. The normalized spacial score (nSPS) is 24.0. The average Bonchev–Trinajstić information content (AvgIpc) is 2.72. The molecule has 1 aromatic rings. The topological polar surface area (TPSA) is 15.3 Å². The van der Waals surface area contributed by atoms with Crippen molar-refractivity contribution in [2.75, 3.05) is 26.7 Å². The highest BCUT2D eigenvalue weighted by atomic mass is 15.2. The van der Waals surface area contributed by atoms with Crippen molar-refractivity contribution in [1.82, 2.24) is 10.2 Å². The van der Waals surface area contributed by atoms with Gasteiger partial charge in [-0.05, 0) is 76.0 Å². The van der Waals surface area contributed by atoms with Gasteiger partial charge in [0.25, 0.3) is 0 Å². The van der Waals surface area contributed by atoms with Crippen molar-refractivity contribution in [1.29, 1.82) is 0 Å². The number of aryl methyl sites for hydroxylation is 2. The van der Waals surface area contributed by atoms with Crippen molar-refractivity contribution in [2.24, 2.45) is 5.92 Å². The largest absolute Gasteiger partial charge is 0.316 e. The minimum absolute atomic E-state index is 0.588. The predicted octanol–water partition coefficient (Wildman–Crippen LogP) is 3.30. The molecule has 0 amide bonds. The monoisotopic (exact) mass is 260 g/mol. The summed E-state index contributed by atoms with van der Waals surface area (Å²) in [7, 11) is 2.27. The molecule has 106 valence electrons. The molecule has 0 radical (unpaired) electrons. The van der Waals surface area contributed by atoms with Crippen molar-refractivity contribution in [2.45, 2.75) is 39.7 Å². The Labute approximate surface area is 118 Å². The second-order valence-corrected chi connectivity index (χ2v) is 5.98. The van der Waals surface area contributed by atoms with Gasteiger partial charge in [0.15, 0.2) is 0 Å². The minimum Gasteiger partial charge on any atom is -0.316 e. The second-order valence-electron chi connectivity index (χ2n) is 5.98. The Morgan fingerprint density at radius 1 is 1.26 bits per heavy atom. The van der Waals surface area contributed by atoms with Crippen molar-refractivity contribution in [3.05, 3.63) is 34.9 Å². The van der Waals surface area contributed by atoms with E-state index in [0.29, 0.717) is 6.04 Å². The van der Waals surface area contributed by atoms with Crippen LogP contribution >= 0.6 is 0 Å². The lowest BCUT2D eigenvalue weighted by molar-refractivity contribution is 0.270. The third-order valence-electron chi connectivity index (χ3n) is 4.45. The summed E-state index contributed by atoms with van der Waals surface area (Å²) >= 11 is 0. The summed E-state index contributed by atoms with van der Waals surface area (Å²) in [4.78, 5) is 2.54. The highest BCUT2D eigenvalue weighted by Crippen LogP contribution is 2.38. The zero-order chi connectivity index (χ0) is 13.8. The molecule has 19 heavy (non-hydrogen) atoms. The molecule has 2 heteroatoms. The Hall–Kier alpha value is -0.860. The van der Waals surface area contributed by atoms with Crippen LogP contribution in [-0.2, 0) is 0 Å². The second kappa shape index (κ2) is 6.53. The highest BCUT2D eigenvalue weighted by molar-refractivity contribution is 5.37. The van der Waals surface area contributed by atoms with E-state index in [1.54, 1.807) is 5.56 Å². The molecule has 1 heterocycles. The van der Waals surface area contributed by atoms with Gasteiger partial charge in [-0.1, -0.05) is 25.1 Å². The molecule has 0 saturated carbocycles. The summed E-state index contributed by atoms with van der Waals surface area (Å²) in [6.07, 6.45) is 2.53. The molecule has 2 nitrogen and oxygen atoms in total. The smallest absolute Gasteiger partial charge is 0.0391 e. The first-order chi connectivity index (χ1) is 9.15. The quantitative estimate of drug-likeness (QED) is 0.817. The summed E-state index contributed by atoms with van der Waals surface area (Å²) in [5.41, 5.74) is 4.45. The van der Waals surface area contributed by atoms with Crippen molar-refractivity contribution in [3.8, 4) is 0 Å². The Kier molecular flexibility index (Phi) is 5.00. The number of likely N-dealkylation sites (tertiary alicyclic amines) is 1. The van der Waals surface area contributed by atoms with Gasteiger partial charge >= 0.3 is 0 Å². The lowest BCUT2D eigenvalue weighted by Crippen LogP contribution is -2.29. The van der Waals surface area contributed by atoms with Crippen LogP contribution in [-0.4, -0.2) is 31.6 Å². The van der Waals surface area contributed by atoms with E-state index in [4.69, 9.17) is 0 Å². The fourth-order valence-electron chi connectivity index (χ4n) is 3.45. The molecule has 0 aliphatic carbocycles. The van der Waals surface area contributed by atoms with Gasteiger partial charge in [0.05, 0.1) is 0 Å². The third kappa shape index (κ3) is 3.18. The van der Waals surface area contributed by atoms with Gasteiger partial charge in [-0.3, -0.25) is 4.90 Å². The first-order valence-corrected chi connectivity index (χ1v) is 7.62. The van der Waals surface area contributed by atoms with Gasteiger partial charge in [0, 0.05) is 6.04 Å². The zero-order valence-electron chi connectivity index (χ0n) is 12.9. The fraction of sp³-hybridized carbons (Fsp3) is 0.647. The Morgan fingerprint density at radius 2 is 1.95 bits per heavy atom. The van der Waals surface area contributed by atoms with E-state index in [2.05, 4.69) is 56.2 Å². The molecule has 2 unspecified atom stereocenters. The van der Waals surface area contributed by atoms with E-state index in [-0.39, 0.29) is 0 Å². The minimum atomic E-state index is 0.588. The van der Waals surface area contributed by atoms with Gasteiger partial charge < -0.3 is 5.32 Å².